The van der Waals surface area contributed by atoms with Crippen molar-refractivity contribution in [2.24, 2.45) is 0 Å². The van der Waals surface area contributed by atoms with Crippen molar-refractivity contribution in [1.82, 2.24) is 9.97 Å². The molecule has 0 aromatic carbocycles. The zero-order valence-corrected chi connectivity index (χ0v) is 11.1. The summed E-state index contributed by atoms with van der Waals surface area (Å²) < 4.78 is 37.6. The molecule has 18 heavy (non-hydrogen) atoms. The number of nitrogens with zero attached hydrogens (tertiary/aromatic N) is 2. The first-order chi connectivity index (χ1) is 8.35. The van der Waals surface area contributed by atoms with Crippen LogP contribution >= 0.6 is 23.4 Å². The van der Waals surface area contributed by atoms with Crippen molar-refractivity contribution in [2.45, 2.75) is 23.8 Å². The minimum atomic E-state index is -4.59. The number of hydrogen-bond donors (Lipinski definition) is 1. The maximum absolute atomic E-state index is 12.5. The van der Waals surface area contributed by atoms with E-state index in [4.69, 9.17) is 11.6 Å². The standard InChI is InChI=1S/C10H11ClF3N3S/c1-18-9(2-3-9)5-15-7-4-6(11)16-8(17-7)10(12,13)14/h4H,2-3,5H2,1H3,(H,15,16,17). The highest BCUT2D eigenvalue weighted by atomic mass is 35.5. The normalized spacial score (nSPS) is 17.6. The van der Waals surface area contributed by atoms with Gasteiger partial charge in [0, 0.05) is 17.4 Å². The van der Waals surface area contributed by atoms with Crippen LogP contribution in [0.2, 0.25) is 5.15 Å². The molecule has 1 N–H and O–H groups in total. The van der Waals surface area contributed by atoms with Crippen LogP contribution in [0.3, 0.4) is 0 Å². The molecule has 1 aliphatic carbocycles. The van der Waals surface area contributed by atoms with Crippen LogP contribution in [0.5, 0.6) is 0 Å². The fourth-order valence-electron chi connectivity index (χ4n) is 1.48. The van der Waals surface area contributed by atoms with Crippen LogP contribution < -0.4 is 5.32 Å². The number of alkyl halides is 3. The van der Waals surface area contributed by atoms with Gasteiger partial charge < -0.3 is 5.32 Å². The number of rotatable bonds is 4. The molecule has 2 rings (SSSR count). The van der Waals surface area contributed by atoms with Gasteiger partial charge in [0.2, 0.25) is 5.82 Å². The Morgan fingerprint density at radius 1 is 1.44 bits per heavy atom. The second-order valence-electron chi connectivity index (χ2n) is 4.14. The molecule has 0 bridgehead atoms. The van der Waals surface area contributed by atoms with Gasteiger partial charge in [0.15, 0.2) is 0 Å². The molecule has 100 valence electrons. The van der Waals surface area contributed by atoms with E-state index in [-0.39, 0.29) is 15.7 Å². The van der Waals surface area contributed by atoms with Crippen LogP contribution in [0.25, 0.3) is 0 Å². The van der Waals surface area contributed by atoms with Crippen LogP contribution in [-0.4, -0.2) is 27.5 Å². The summed E-state index contributed by atoms with van der Waals surface area (Å²) in [5.41, 5.74) is 0. The molecular weight excluding hydrogens is 287 g/mol. The average Bonchev–Trinajstić information content (AvgIpc) is 3.05. The molecule has 0 amide bonds. The Morgan fingerprint density at radius 3 is 2.61 bits per heavy atom. The molecule has 0 unspecified atom stereocenters. The number of hydrogen-bond acceptors (Lipinski definition) is 4. The summed E-state index contributed by atoms with van der Waals surface area (Å²) in [7, 11) is 0. The summed E-state index contributed by atoms with van der Waals surface area (Å²) in [4.78, 5) is 6.60. The highest BCUT2D eigenvalue weighted by Crippen LogP contribution is 2.47. The van der Waals surface area contributed by atoms with E-state index >= 15 is 0 Å². The van der Waals surface area contributed by atoms with Gasteiger partial charge in [-0.3, -0.25) is 0 Å². The van der Waals surface area contributed by atoms with E-state index in [1.54, 1.807) is 11.8 Å². The van der Waals surface area contributed by atoms with Gasteiger partial charge in [-0.15, -0.1) is 0 Å². The van der Waals surface area contributed by atoms with E-state index in [0.29, 0.717) is 6.54 Å². The topological polar surface area (TPSA) is 37.8 Å². The molecule has 1 heterocycles. The number of anilines is 1. The van der Waals surface area contributed by atoms with E-state index in [9.17, 15) is 13.2 Å². The number of thioether (sulfide) groups is 1. The van der Waals surface area contributed by atoms with E-state index in [0.717, 1.165) is 12.8 Å². The van der Waals surface area contributed by atoms with Crippen molar-refractivity contribution in [3.63, 3.8) is 0 Å². The largest absolute Gasteiger partial charge is 0.451 e. The summed E-state index contributed by atoms with van der Waals surface area (Å²) in [5, 5.41) is 2.68. The average molecular weight is 298 g/mol. The zero-order valence-electron chi connectivity index (χ0n) is 9.51. The Balaban J connectivity index is 2.11. The maximum Gasteiger partial charge on any atom is 0.451 e. The molecule has 1 aromatic rings. The fourth-order valence-corrected chi connectivity index (χ4v) is 2.39. The molecule has 8 heteroatoms. The quantitative estimate of drug-likeness (QED) is 0.864. The lowest BCUT2D eigenvalue weighted by molar-refractivity contribution is -0.144. The zero-order chi connectivity index (χ0) is 13.4. The van der Waals surface area contributed by atoms with Crippen LogP contribution in [0.1, 0.15) is 18.7 Å². The number of halogens is 4. The molecule has 1 fully saturated rings. The highest BCUT2D eigenvalue weighted by Gasteiger charge is 2.42. The van der Waals surface area contributed by atoms with Crippen molar-refractivity contribution in [1.29, 1.82) is 0 Å². The van der Waals surface area contributed by atoms with Crippen LogP contribution in [0, 0.1) is 0 Å². The monoisotopic (exact) mass is 297 g/mol. The SMILES string of the molecule is CSC1(CNc2cc(Cl)nc(C(F)(F)F)n2)CC1. The number of nitrogens with one attached hydrogen (secondary N) is 1. The molecule has 1 aliphatic rings. The molecule has 3 nitrogen and oxygen atoms in total. The third kappa shape index (κ3) is 3.20. The molecule has 0 atom stereocenters. The molecular formula is C10H11ClF3N3S. The molecule has 1 saturated carbocycles. The van der Waals surface area contributed by atoms with Gasteiger partial charge in [-0.05, 0) is 19.1 Å². The Labute approximate surface area is 112 Å². The van der Waals surface area contributed by atoms with E-state index in [2.05, 4.69) is 15.3 Å². The van der Waals surface area contributed by atoms with Crippen LogP contribution in [-0.2, 0) is 6.18 Å². The third-order valence-electron chi connectivity index (χ3n) is 2.78. The lowest BCUT2D eigenvalue weighted by Gasteiger charge is -2.14. The van der Waals surface area contributed by atoms with Crippen LogP contribution in [0.15, 0.2) is 6.07 Å². The lowest BCUT2D eigenvalue weighted by Crippen LogP contribution is -2.19. The molecule has 0 radical (unpaired) electrons. The van der Waals surface area contributed by atoms with Crippen molar-refractivity contribution < 1.29 is 13.2 Å². The van der Waals surface area contributed by atoms with Gasteiger partial charge in [0.25, 0.3) is 0 Å². The lowest BCUT2D eigenvalue weighted by atomic mass is 10.4. The van der Waals surface area contributed by atoms with Gasteiger partial charge in [-0.1, -0.05) is 11.6 Å². The summed E-state index contributed by atoms with van der Waals surface area (Å²) >= 11 is 7.27. The van der Waals surface area contributed by atoms with Gasteiger partial charge in [0.1, 0.15) is 11.0 Å². The van der Waals surface area contributed by atoms with Crippen molar-refractivity contribution in [3.05, 3.63) is 17.0 Å². The summed E-state index contributed by atoms with van der Waals surface area (Å²) in [6, 6.07) is 1.30. The smallest absolute Gasteiger partial charge is 0.369 e. The van der Waals surface area contributed by atoms with Gasteiger partial charge in [-0.25, -0.2) is 9.97 Å². The predicted octanol–water partition coefficient (Wildman–Crippen LogP) is 3.46. The predicted molar refractivity (Wildman–Crippen MR) is 66.0 cm³/mol. The van der Waals surface area contributed by atoms with Gasteiger partial charge in [-0.2, -0.15) is 24.9 Å². The third-order valence-corrected chi connectivity index (χ3v) is 4.39. The van der Waals surface area contributed by atoms with Crippen LogP contribution in [0.4, 0.5) is 19.0 Å². The Hall–Kier alpha value is -0.690. The minimum absolute atomic E-state index is 0.114. The second-order valence-corrected chi connectivity index (χ2v) is 5.80. The number of aromatic nitrogens is 2. The summed E-state index contributed by atoms with van der Waals surface area (Å²) in [6.45, 7) is 0.582. The molecule has 0 saturated heterocycles. The first-order valence-electron chi connectivity index (χ1n) is 5.25. The second kappa shape index (κ2) is 4.77. The van der Waals surface area contributed by atoms with Crippen molar-refractivity contribution >= 4 is 29.2 Å². The Kier molecular flexibility index (Phi) is 3.64. The molecule has 0 spiro atoms. The van der Waals surface area contributed by atoms with Crippen molar-refractivity contribution in [3.8, 4) is 0 Å². The van der Waals surface area contributed by atoms with E-state index in [1.807, 2.05) is 6.26 Å². The summed E-state index contributed by atoms with van der Waals surface area (Å²) in [5.74, 6) is -1.10. The Bertz CT molecular complexity index is 448. The fraction of sp³-hybridized carbons (Fsp3) is 0.600. The van der Waals surface area contributed by atoms with E-state index in [1.165, 1.54) is 6.07 Å². The van der Waals surface area contributed by atoms with E-state index < -0.39 is 12.0 Å². The molecule has 0 aliphatic heterocycles. The van der Waals surface area contributed by atoms with Crippen molar-refractivity contribution in [2.75, 3.05) is 18.1 Å². The van der Waals surface area contributed by atoms with Gasteiger partial charge >= 0.3 is 6.18 Å². The first kappa shape index (κ1) is 13.7. The Morgan fingerprint density at radius 2 is 2.11 bits per heavy atom. The summed E-state index contributed by atoms with van der Waals surface area (Å²) in [6.07, 6.45) is -0.473. The van der Waals surface area contributed by atoms with Gasteiger partial charge in [0.05, 0.1) is 0 Å². The minimum Gasteiger partial charge on any atom is -0.369 e. The highest BCUT2D eigenvalue weighted by molar-refractivity contribution is 8.00. The maximum atomic E-state index is 12.5. The molecule has 1 aromatic heterocycles. The first-order valence-corrected chi connectivity index (χ1v) is 6.86.